The number of halogens is 3. The minimum atomic E-state index is -4.46. The normalized spacial score (nSPS) is 10.9. The third-order valence-corrected chi connectivity index (χ3v) is 2.35. The third-order valence-electron chi connectivity index (χ3n) is 2.35. The lowest BCUT2D eigenvalue weighted by Gasteiger charge is -2.10. The summed E-state index contributed by atoms with van der Waals surface area (Å²) < 4.78 is 42.4. The summed E-state index contributed by atoms with van der Waals surface area (Å²) in [5.41, 5.74) is -0.842. The number of benzene rings is 1. The molecule has 0 atom stereocenters. The van der Waals surface area contributed by atoms with Gasteiger partial charge in [-0.3, -0.25) is 9.59 Å². The number of nitrogens with one attached hydrogen (secondary N) is 2. The Labute approximate surface area is 119 Å². The summed E-state index contributed by atoms with van der Waals surface area (Å²) in [4.78, 5) is 21.9. The molecule has 0 aliphatic carbocycles. The van der Waals surface area contributed by atoms with E-state index in [1.165, 1.54) is 19.1 Å². The first-order chi connectivity index (χ1) is 9.79. The van der Waals surface area contributed by atoms with Crippen molar-refractivity contribution < 1.29 is 27.5 Å². The average molecular weight is 304 g/mol. The van der Waals surface area contributed by atoms with Gasteiger partial charge in [-0.25, -0.2) is 0 Å². The van der Waals surface area contributed by atoms with E-state index in [1.54, 1.807) is 0 Å². The highest BCUT2D eigenvalue weighted by Crippen LogP contribution is 2.31. The lowest BCUT2D eigenvalue weighted by molar-refractivity contribution is -0.137. The fourth-order valence-corrected chi connectivity index (χ4v) is 1.40. The van der Waals surface area contributed by atoms with Crippen LogP contribution < -0.4 is 15.4 Å². The molecule has 0 bridgehead atoms. The van der Waals surface area contributed by atoms with Crippen LogP contribution in [0, 0.1) is 0 Å². The van der Waals surface area contributed by atoms with Gasteiger partial charge in [-0.05, 0) is 18.2 Å². The molecule has 1 rings (SSSR count). The Morgan fingerprint density at radius 1 is 1.19 bits per heavy atom. The summed E-state index contributed by atoms with van der Waals surface area (Å²) in [6.07, 6.45) is -4.46. The van der Waals surface area contributed by atoms with Crippen LogP contribution in [0.5, 0.6) is 5.75 Å². The average Bonchev–Trinajstić information content (AvgIpc) is 2.40. The highest BCUT2D eigenvalue weighted by molar-refractivity contribution is 5.77. The molecule has 116 valence electrons. The van der Waals surface area contributed by atoms with E-state index in [9.17, 15) is 22.8 Å². The summed E-state index contributed by atoms with van der Waals surface area (Å²) in [5.74, 6) is -0.746. The standard InChI is InChI=1S/C13H15F3N2O3/c1-9(19)17-5-6-18-12(20)8-21-11-4-2-3-10(7-11)13(14,15)16/h2-4,7H,5-6,8H2,1H3,(H,17,19)(H,18,20). The van der Waals surface area contributed by atoms with Crippen LogP contribution in [0.1, 0.15) is 12.5 Å². The number of hydrogen-bond acceptors (Lipinski definition) is 3. The van der Waals surface area contributed by atoms with Gasteiger partial charge in [-0.1, -0.05) is 6.07 Å². The summed E-state index contributed by atoms with van der Waals surface area (Å²) in [5, 5.41) is 4.93. The molecule has 0 aliphatic heterocycles. The van der Waals surface area contributed by atoms with Crippen molar-refractivity contribution in [2.24, 2.45) is 0 Å². The van der Waals surface area contributed by atoms with Crippen molar-refractivity contribution in [2.75, 3.05) is 19.7 Å². The zero-order chi connectivity index (χ0) is 15.9. The fraction of sp³-hybridized carbons (Fsp3) is 0.385. The number of carbonyl (C=O) groups is 2. The molecule has 0 spiro atoms. The van der Waals surface area contributed by atoms with Gasteiger partial charge in [0.15, 0.2) is 6.61 Å². The van der Waals surface area contributed by atoms with Gasteiger partial charge < -0.3 is 15.4 Å². The van der Waals surface area contributed by atoms with E-state index in [1.807, 2.05) is 0 Å². The second-order valence-corrected chi connectivity index (χ2v) is 4.15. The number of carbonyl (C=O) groups excluding carboxylic acids is 2. The Hall–Kier alpha value is -2.25. The molecule has 2 N–H and O–H groups in total. The minimum Gasteiger partial charge on any atom is -0.484 e. The second-order valence-electron chi connectivity index (χ2n) is 4.15. The van der Waals surface area contributed by atoms with Gasteiger partial charge in [0.2, 0.25) is 5.91 Å². The maximum absolute atomic E-state index is 12.5. The van der Waals surface area contributed by atoms with E-state index >= 15 is 0 Å². The summed E-state index contributed by atoms with van der Waals surface area (Å²) in [6, 6.07) is 4.28. The number of alkyl halides is 3. The molecule has 0 saturated heterocycles. The predicted molar refractivity (Wildman–Crippen MR) is 68.6 cm³/mol. The Bertz CT molecular complexity index is 504. The van der Waals surface area contributed by atoms with Gasteiger partial charge in [0.25, 0.3) is 5.91 Å². The van der Waals surface area contributed by atoms with E-state index in [0.717, 1.165) is 12.1 Å². The highest BCUT2D eigenvalue weighted by Gasteiger charge is 2.30. The smallest absolute Gasteiger partial charge is 0.416 e. The predicted octanol–water partition coefficient (Wildman–Crippen LogP) is 1.34. The van der Waals surface area contributed by atoms with Gasteiger partial charge in [-0.15, -0.1) is 0 Å². The zero-order valence-electron chi connectivity index (χ0n) is 11.3. The Kier molecular flexibility index (Phi) is 6.01. The van der Waals surface area contributed by atoms with Gasteiger partial charge in [-0.2, -0.15) is 13.2 Å². The van der Waals surface area contributed by atoms with Crippen molar-refractivity contribution in [2.45, 2.75) is 13.1 Å². The molecule has 1 aromatic rings. The SMILES string of the molecule is CC(=O)NCCNC(=O)COc1cccc(C(F)(F)F)c1. The van der Waals surface area contributed by atoms with Gasteiger partial charge >= 0.3 is 6.18 Å². The molecule has 2 amide bonds. The van der Waals surface area contributed by atoms with Crippen LogP contribution in [0.2, 0.25) is 0 Å². The van der Waals surface area contributed by atoms with Crippen LogP contribution in [-0.2, 0) is 15.8 Å². The van der Waals surface area contributed by atoms with Gasteiger partial charge in [0, 0.05) is 20.0 Å². The van der Waals surface area contributed by atoms with E-state index in [2.05, 4.69) is 10.6 Å². The maximum atomic E-state index is 12.5. The molecular weight excluding hydrogens is 289 g/mol. The third kappa shape index (κ3) is 6.64. The lowest BCUT2D eigenvalue weighted by atomic mass is 10.2. The van der Waals surface area contributed by atoms with Crippen LogP contribution in [0.4, 0.5) is 13.2 Å². The number of hydrogen-bond donors (Lipinski definition) is 2. The largest absolute Gasteiger partial charge is 0.484 e. The van der Waals surface area contributed by atoms with Crippen molar-refractivity contribution >= 4 is 11.8 Å². The Balaban J connectivity index is 2.38. The first-order valence-electron chi connectivity index (χ1n) is 6.10. The van der Waals surface area contributed by atoms with E-state index in [0.29, 0.717) is 0 Å². The molecule has 8 heteroatoms. The molecular formula is C13H15F3N2O3. The first-order valence-corrected chi connectivity index (χ1v) is 6.10. The molecule has 21 heavy (non-hydrogen) atoms. The van der Waals surface area contributed by atoms with E-state index in [4.69, 9.17) is 4.74 Å². The van der Waals surface area contributed by atoms with Crippen LogP contribution in [0.25, 0.3) is 0 Å². The van der Waals surface area contributed by atoms with Gasteiger partial charge in [0.05, 0.1) is 5.56 Å². The number of rotatable bonds is 6. The van der Waals surface area contributed by atoms with Crippen LogP contribution in [0.3, 0.4) is 0 Å². The molecule has 0 radical (unpaired) electrons. The molecule has 0 heterocycles. The molecule has 0 aliphatic rings. The molecule has 5 nitrogen and oxygen atoms in total. The van der Waals surface area contributed by atoms with Gasteiger partial charge in [0.1, 0.15) is 5.75 Å². The Morgan fingerprint density at radius 2 is 1.86 bits per heavy atom. The van der Waals surface area contributed by atoms with Crippen molar-refractivity contribution in [3.63, 3.8) is 0 Å². The molecule has 0 unspecified atom stereocenters. The van der Waals surface area contributed by atoms with Crippen LogP contribution in [-0.4, -0.2) is 31.5 Å². The molecule has 0 aromatic heterocycles. The maximum Gasteiger partial charge on any atom is 0.416 e. The quantitative estimate of drug-likeness (QED) is 0.779. The number of ether oxygens (including phenoxy) is 1. The fourth-order valence-electron chi connectivity index (χ4n) is 1.40. The van der Waals surface area contributed by atoms with Crippen LogP contribution >= 0.6 is 0 Å². The number of amides is 2. The first kappa shape index (κ1) is 16.8. The van der Waals surface area contributed by atoms with E-state index < -0.39 is 24.3 Å². The summed E-state index contributed by atoms with van der Waals surface area (Å²) in [7, 11) is 0. The summed E-state index contributed by atoms with van der Waals surface area (Å²) >= 11 is 0. The topological polar surface area (TPSA) is 67.4 Å². The molecule has 1 aromatic carbocycles. The minimum absolute atomic E-state index is 0.0400. The summed E-state index contributed by atoms with van der Waals surface area (Å²) in [6.45, 7) is 1.43. The molecule has 0 saturated carbocycles. The highest BCUT2D eigenvalue weighted by atomic mass is 19.4. The van der Waals surface area contributed by atoms with E-state index in [-0.39, 0.29) is 24.7 Å². The van der Waals surface area contributed by atoms with Crippen molar-refractivity contribution in [1.82, 2.24) is 10.6 Å². The van der Waals surface area contributed by atoms with Crippen molar-refractivity contribution in [3.8, 4) is 5.75 Å². The Morgan fingerprint density at radius 3 is 2.48 bits per heavy atom. The zero-order valence-corrected chi connectivity index (χ0v) is 11.3. The van der Waals surface area contributed by atoms with Crippen molar-refractivity contribution in [1.29, 1.82) is 0 Å². The lowest BCUT2D eigenvalue weighted by Crippen LogP contribution is -2.36. The second kappa shape index (κ2) is 7.51. The van der Waals surface area contributed by atoms with Crippen molar-refractivity contribution in [3.05, 3.63) is 29.8 Å². The molecule has 0 fully saturated rings. The monoisotopic (exact) mass is 304 g/mol. The van der Waals surface area contributed by atoms with Crippen LogP contribution in [0.15, 0.2) is 24.3 Å².